The van der Waals surface area contributed by atoms with Crippen molar-refractivity contribution in [3.05, 3.63) is 107 Å². The normalized spacial score (nSPS) is 11.2. The molecule has 1 unspecified atom stereocenters. The van der Waals surface area contributed by atoms with Gasteiger partial charge in [0.2, 0.25) is 0 Å². The van der Waals surface area contributed by atoms with Crippen molar-refractivity contribution in [1.82, 2.24) is 5.32 Å². The lowest BCUT2D eigenvalue weighted by Crippen LogP contribution is -2.37. The highest BCUT2D eigenvalue weighted by atomic mass is 35.5. The Morgan fingerprint density at radius 2 is 1.48 bits per heavy atom. The van der Waals surface area contributed by atoms with Crippen LogP contribution in [0.5, 0.6) is 0 Å². The minimum Gasteiger partial charge on any atom is -0.466 e. The van der Waals surface area contributed by atoms with E-state index >= 15 is 0 Å². The van der Waals surface area contributed by atoms with E-state index < -0.39 is 6.04 Å². The Bertz CT molecular complexity index is 1030. The number of anilines is 1. The number of rotatable bonds is 9. The van der Waals surface area contributed by atoms with Crippen LogP contribution in [0.25, 0.3) is 5.57 Å². The average Bonchev–Trinajstić information content (AvgIpc) is 2.83. The molecule has 170 valence electrons. The maximum Gasteiger partial charge on any atom is 0.319 e. The molecule has 0 aliphatic rings. The van der Waals surface area contributed by atoms with Gasteiger partial charge in [-0.05, 0) is 54.3 Å². The highest BCUT2D eigenvalue weighted by Gasteiger charge is 2.16. The molecule has 3 aromatic carbocycles. The van der Waals surface area contributed by atoms with E-state index in [2.05, 4.69) is 10.6 Å². The highest BCUT2D eigenvalue weighted by Crippen LogP contribution is 2.24. The fourth-order valence-corrected chi connectivity index (χ4v) is 3.49. The van der Waals surface area contributed by atoms with Gasteiger partial charge in [0, 0.05) is 17.1 Å². The molecule has 0 radical (unpaired) electrons. The van der Waals surface area contributed by atoms with E-state index in [0.717, 1.165) is 16.7 Å². The summed E-state index contributed by atoms with van der Waals surface area (Å²) < 4.78 is 5.08. The molecule has 0 fully saturated rings. The summed E-state index contributed by atoms with van der Waals surface area (Å²) in [5, 5.41) is 6.38. The molecule has 3 rings (SSSR count). The summed E-state index contributed by atoms with van der Waals surface area (Å²) in [4.78, 5) is 24.7. The van der Waals surface area contributed by atoms with Crippen molar-refractivity contribution in [2.45, 2.75) is 25.8 Å². The van der Waals surface area contributed by atoms with Crippen LogP contribution in [0.4, 0.5) is 10.5 Å². The van der Waals surface area contributed by atoms with Gasteiger partial charge in [-0.25, -0.2) is 4.79 Å². The first kappa shape index (κ1) is 24.1. The first-order chi connectivity index (χ1) is 16.0. The lowest BCUT2D eigenvalue weighted by molar-refractivity contribution is -0.143. The van der Waals surface area contributed by atoms with Crippen LogP contribution < -0.4 is 10.6 Å². The number of hydrogen-bond acceptors (Lipinski definition) is 3. The second-order valence-corrected chi connectivity index (χ2v) is 7.80. The largest absolute Gasteiger partial charge is 0.466 e. The lowest BCUT2D eigenvalue weighted by atomic mass is 9.95. The van der Waals surface area contributed by atoms with Crippen LogP contribution in [0.2, 0.25) is 5.02 Å². The molecule has 6 heteroatoms. The van der Waals surface area contributed by atoms with Crippen molar-refractivity contribution in [3.8, 4) is 0 Å². The van der Waals surface area contributed by atoms with Crippen LogP contribution in [0.1, 0.15) is 30.9 Å². The van der Waals surface area contributed by atoms with Gasteiger partial charge in [-0.2, -0.15) is 0 Å². The fourth-order valence-electron chi connectivity index (χ4n) is 3.37. The Labute approximate surface area is 199 Å². The number of hydrogen-bond donors (Lipinski definition) is 2. The van der Waals surface area contributed by atoms with E-state index in [4.69, 9.17) is 16.3 Å². The van der Waals surface area contributed by atoms with Gasteiger partial charge in [-0.15, -0.1) is 0 Å². The monoisotopic (exact) mass is 462 g/mol. The lowest BCUT2D eigenvalue weighted by Gasteiger charge is -2.18. The van der Waals surface area contributed by atoms with Crippen molar-refractivity contribution in [2.24, 2.45) is 0 Å². The summed E-state index contributed by atoms with van der Waals surface area (Å²) in [5.74, 6) is -0.295. The van der Waals surface area contributed by atoms with Crippen LogP contribution in [0, 0.1) is 0 Å². The SMILES string of the molecule is CCOC(=O)CCC(C=C(c1ccccc1)c1ccccc1)NC(=O)Nc1ccc(Cl)cc1. The van der Waals surface area contributed by atoms with E-state index in [9.17, 15) is 9.59 Å². The van der Waals surface area contributed by atoms with E-state index in [1.807, 2.05) is 66.7 Å². The third-order valence-electron chi connectivity index (χ3n) is 4.92. The minimum atomic E-state index is -0.405. The molecular formula is C27H27ClN2O3. The molecule has 0 aromatic heterocycles. The molecule has 0 saturated heterocycles. The van der Waals surface area contributed by atoms with Crippen LogP contribution in [0.15, 0.2) is 91.0 Å². The summed E-state index contributed by atoms with van der Waals surface area (Å²) in [7, 11) is 0. The predicted molar refractivity (Wildman–Crippen MR) is 133 cm³/mol. The van der Waals surface area contributed by atoms with Gasteiger partial charge in [-0.3, -0.25) is 4.79 Å². The highest BCUT2D eigenvalue weighted by molar-refractivity contribution is 6.30. The minimum absolute atomic E-state index is 0.188. The Morgan fingerprint density at radius 1 is 0.909 bits per heavy atom. The Kier molecular flexibility index (Phi) is 9.09. The molecule has 0 spiro atoms. The first-order valence-corrected chi connectivity index (χ1v) is 11.2. The van der Waals surface area contributed by atoms with E-state index in [-0.39, 0.29) is 18.4 Å². The second kappa shape index (κ2) is 12.5. The third-order valence-corrected chi connectivity index (χ3v) is 5.17. The van der Waals surface area contributed by atoms with Crippen molar-refractivity contribution < 1.29 is 14.3 Å². The quantitative estimate of drug-likeness (QED) is 0.366. The van der Waals surface area contributed by atoms with Crippen LogP contribution in [-0.4, -0.2) is 24.6 Å². The van der Waals surface area contributed by atoms with Crippen molar-refractivity contribution in [3.63, 3.8) is 0 Å². The number of nitrogens with one attached hydrogen (secondary N) is 2. The average molecular weight is 463 g/mol. The standard InChI is InChI=1S/C27H27ClN2O3/c1-2-33-26(31)18-17-24(30-27(32)29-23-15-13-22(28)14-16-23)19-25(20-9-5-3-6-10-20)21-11-7-4-8-12-21/h3-16,19,24H,2,17-18H2,1H3,(H2,29,30,32). The maximum atomic E-state index is 12.7. The van der Waals surface area contributed by atoms with Crippen molar-refractivity contribution >= 4 is 34.9 Å². The van der Waals surface area contributed by atoms with Gasteiger partial charge >= 0.3 is 12.0 Å². The number of carbonyl (C=O) groups excluding carboxylic acids is 2. The Balaban J connectivity index is 1.86. The second-order valence-electron chi connectivity index (χ2n) is 7.37. The number of esters is 1. The maximum absolute atomic E-state index is 12.7. The van der Waals surface area contributed by atoms with E-state index in [1.54, 1.807) is 31.2 Å². The van der Waals surface area contributed by atoms with Gasteiger partial charge in [-0.1, -0.05) is 78.3 Å². The van der Waals surface area contributed by atoms with Gasteiger partial charge < -0.3 is 15.4 Å². The Morgan fingerprint density at radius 3 is 2.03 bits per heavy atom. The fraction of sp³-hybridized carbons (Fsp3) is 0.185. The first-order valence-electron chi connectivity index (χ1n) is 10.9. The molecular weight excluding hydrogens is 436 g/mol. The molecule has 33 heavy (non-hydrogen) atoms. The van der Waals surface area contributed by atoms with Crippen LogP contribution in [0.3, 0.4) is 0 Å². The van der Waals surface area contributed by atoms with Gasteiger partial charge in [0.1, 0.15) is 0 Å². The van der Waals surface area contributed by atoms with Gasteiger partial charge in [0.25, 0.3) is 0 Å². The molecule has 0 aliphatic carbocycles. The van der Waals surface area contributed by atoms with Crippen molar-refractivity contribution in [2.75, 3.05) is 11.9 Å². The van der Waals surface area contributed by atoms with E-state index in [0.29, 0.717) is 23.7 Å². The van der Waals surface area contributed by atoms with Gasteiger partial charge in [0.15, 0.2) is 0 Å². The zero-order valence-electron chi connectivity index (χ0n) is 18.5. The molecule has 0 bridgehead atoms. The molecule has 1 atom stereocenters. The van der Waals surface area contributed by atoms with Crippen LogP contribution >= 0.6 is 11.6 Å². The zero-order chi connectivity index (χ0) is 23.5. The summed E-state index contributed by atoms with van der Waals surface area (Å²) >= 11 is 5.92. The molecule has 5 nitrogen and oxygen atoms in total. The molecule has 0 saturated carbocycles. The smallest absolute Gasteiger partial charge is 0.319 e. The van der Waals surface area contributed by atoms with Crippen molar-refractivity contribution in [1.29, 1.82) is 0 Å². The van der Waals surface area contributed by atoms with Crippen LogP contribution in [-0.2, 0) is 9.53 Å². The number of carbonyl (C=O) groups is 2. The number of amides is 2. The molecule has 2 amide bonds. The summed E-state index contributed by atoms with van der Waals surface area (Å²) in [6.45, 7) is 2.10. The molecule has 0 aliphatic heterocycles. The number of urea groups is 1. The number of ether oxygens (including phenoxy) is 1. The molecule has 0 heterocycles. The third kappa shape index (κ3) is 7.81. The van der Waals surface area contributed by atoms with Gasteiger partial charge in [0.05, 0.1) is 12.6 Å². The molecule has 3 aromatic rings. The summed E-state index contributed by atoms with van der Waals surface area (Å²) in [6.07, 6.45) is 2.58. The summed E-state index contributed by atoms with van der Waals surface area (Å²) in [5.41, 5.74) is 3.63. The number of halogens is 1. The molecule has 2 N–H and O–H groups in total. The Hall–Kier alpha value is -3.57. The zero-order valence-corrected chi connectivity index (χ0v) is 19.2. The summed E-state index contributed by atoms with van der Waals surface area (Å²) in [6, 6.07) is 26.0. The topological polar surface area (TPSA) is 67.4 Å². The van der Waals surface area contributed by atoms with E-state index in [1.165, 1.54) is 0 Å². The number of benzene rings is 3. The predicted octanol–water partition coefficient (Wildman–Crippen LogP) is 6.31.